The van der Waals surface area contributed by atoms with Crippen molar-refractivity contribution in [2.45, 2.75) is 34.2 Å². The van der Waals surface area contributed by atoms with Gasteiger partial charge in [0.1, 0.15) is 0 Å². The second-order valence-corrected chi connectivity index (χ2v) is 7.21. The van der Waals surface area contributed by atoms with Gasteiger partial charge in [0.05, 0.1) is 0 Å². The molecular weight excluding hydrogens is 460 g/mol. The van der Waals surface area contributed by atoms with Crippen molar-refractivity contribution in [1.29, 1.82) is 0 Å². The average molecular weight is 462 g/mol. The van der Waals surface area contributed by atoms with Crippen LogP contribution in [0.4, 0.5) is 52.7 Å². The molecule has 0 aromatic rings. The summed E-state index contributed by atoms with van der Waals surface area (Å²) < 4.78 is 209. The molecule has 0 amide bonds. The van der Waals surface area contributed by atoms with E-state index in [0.717, 1.165) is 0 Å². The van der Waals surface area contributed by atoms with Crippen molar-refractivity contribution < 1.29 is 78.6 Å². The molecule has 20 heteroatoms. The summed E-state index contributed by atoms with van der Waals surface area (Å²) >= 11 is 0. The molecule has 0 fully saturated rings. The third kappa shape index (κ3) is 2.89. The van der Waals surface area contributed by atoms with Gasteiger partial charge >= 0.3 is 54.4 Å². The third-order valence-corrected chi connectivity index (χ3v) is 4.37. The molecule has 0 aromatic carbocycles. The highest BCUT2D eigenvalue weighted by Gasteiger charge is 2.93. The minimum atomic E-state index is -8.42. The zero-order chi connectivity index (χ0) is 22.0. The second-order valence-electron chi connectivity index (χ2n) is 4.28. The first-order chi connectivity index (χ1) is 10.8. The lowest BCUT2D eigenvalue weighted by atomic mass is 9.98. The van der Waals surface area contributed by atoms with Crippen molar-refractivity contribution in [3.05, 3.63) is 0 Å². The van der Waals surface area contributed by atoms with E-state index < -0.39 is 54.4 Å². The molecule has 26 heavy (non-hydrogen) atoms. The van der Waals surface area contributed by atoms with E-state index in [1.807, 2.05) is 0 Å². The predicted octanol–water partition coefficient (Wildman–Crippen LogP) is 2.49. The maximum Gasteiger partial charge on any atom is 0.438 e. The highest BCUT2D eigenvalue weighted by Crippen LogP contribution is 2.61. The molecule has 158 valence electrons. The van der Waals surface area contributed by atoms with Gasteiger partial charge in [-0.25, -0.2) is 0 Å². The zero-order valence-corrected chi connectivity index (χ0v) is 12.5. The minimum Gasteiger partial charge on any atom is -0.281 e. The standard InChI is InChI=1S/C6H2F12O6S2/c7-1(8,3(11,12)5(15,16)25(19,20)21)2(9,10)4(13,14)6(17,18)26(22,23)24/h(H,19,20,21)(H,22,23,24). The van der Waals surface area contributed by atoms with Gasteiger partial charge in [0.25, 0.3) is 0 Å². The summed E-state index contributed by atoms with van der Waals surface area (Å²) in [6.45, 7) is 0. The Morgan fingerprint density at radius 3 is 0.692 bits per heavy atom. The predicted molar refractivity (Wildman–Crippen MR) is 52.8 cm³/mol. The Balaban J connectivity index is 6.80. The Kier molecular flexibility index (Phi) is 5.51. The van der Waals surface area contributed by atoms with E-state index in [2.05, 4.69) is 0 Å². The topological polar surface area (TPSA) is 109 Å². The summed E-state index contributed by atoms with van der Waals surface area (Å²) in [5.41, 5.74) is 0. The monoisotopic (exact) mass is 462 g/mol. The van der Waals surface area contributed by atoms with Crippen molar-refractivity contribution >= 4 is 20.2 Å². The molecule has 0 saturated heterocycles. The van der Waals surface area contributed by atoms with Crippen LogP contribution in [0.5, 0.6) is 0 Å². The Morgan fingerprint density at radius 2 is 0.577 bits per heavy atom. The molecule has 0 rings (SSSR count). The van der Waals surface area contributed by atoms with Gasteiger partial charge in [-0.3, -0.25) is 9.11 Å². The normalized spacial score (nSPS) is 16.7. The van der Waals surface area contributed by atoms with E-state index in [4.69, 9.17) is 9.11 Å². The van der Waals surface area contributed by atoms with Gasteiger partial charge in [0.2, 0.25) is 0 Å². The molecule has 2 N–H and O–H groups in total. The lowest BCUT2D eigenvalue weighted by molar-refractivity contribution is -0.407. The van der Waals surface area contributed by atoms with Gasteiger partial charge < -0.3 is 0 Å². The third-order valence-electron chi connectivity index (χ3n) is 2.56. The molecule has 0 radical (unpaired) electrons. The number of hydrogen-bond donors (Lipinski definition) is 2. The van der Waals surface area contributed by atoms with Crippen molar-refractivity contribution in [2.24, 2.45) is 0 Å². The van der Waals surface area contributed by atoms with E-state index in [-0.39, 0.29) is 0 Å². The molecule has 0 aliphatic rings. The second kappa shape index (κ2) is 5.74. The first kappa shape index (κ1) is 25.0. The maximum absolute atomic E-state index is 13.0. The maximum atomic E-state index is 13.0. The van der Waals surface area contributed by atoms with Crippen molar-refractivity contribution in [1.82, 2.24) is 0 Å². The fourth-order valence-electron chi connectivity index (χ4n) is 1.08. The molecule has 0 unspecified atom stereocenters. The summed E-state index contributed by atoms with van der Waals surface area (Å²) in [5, 5.41) is -15.3. The van der Waals surface area contributed by atoms with E-state index in [9.17, 15) is 69.5 Å². The Bertz CT molecular complexity index is 702. The van der Waals surface area contributed by atoms with Gasteiger partial charge in [-0.2, -0.15) is 69.5 Å². The molecular formula is C6H2F12O6S2. The van der Waals surface area contributed by atoms with Gasteiger partial charge in [-0.05, 0) is 0 Å². The highest BCUT2D eigenvalue weighted by atomic mass is 32.2. The van der Waals surface area contributed by atoms with Crippen LogP contribution in [0.1, 0.15) is 0 Å². The molecule has 6 nitrogen and oxygen atoms in total. The first-order valence-corrected chi connectivity index (χ1v) is 7.84. The van der Waals surface area contributed by atoms with Crippen LogP contribution < -0.4 is 0 Å². The highest BCUT2D eigenvalue weighted by molar-refractivity contribution is 7.87. The summed E-state index contributed by atoms with van der Waals surface area (Å²) in [7, 11) is -15.4. The zero-order valence-electron chi connectivity index (χ0n) is 10.9. The van der Waals surface area contributed by atoms with Crippen LogP contribution in [0.25, 0.3) is 0 Å². The largest absolute Gasteiger partial charge is 0.438 e. The Labute approximate surface area is 134 Å². The smallest absolute Gasteiger partial charge is 0.281 e. The fraction of sp³-hybridized carbons (Fsp3) is 1.00. The molecule has 0 bridgehead atoms. The van der Waals surface area contributed by atoms with Crippen LogP contribution in [0.2, 0.25) is 0 Å². The lowest BCUT2D eigenvalue weighted by Gasteiger charge is -2.39. The molecule has 0 saturated carbocycles. The number of hydrogen-bond acceptors (Lipinski definition) is 4. The number of alkyl halides is 12. The average Bonchev–Trinajstić information content (AvgIpc) is 2.34. The molecule has 0 aromatic heterocycles. The molecule has 0 aliphatic heterocycles. The quantitative estimate of drug-likeness (QED) is 0.445. The first-order valence-electron chi connectivity index (χ1n) is 4.96. The molecule has 0 atom stereocenters. The summed E-state index contributed by atoms with van der Waals surface area (Å²) in [6.07, 6.45) is 0. The summed E-state index contributed by atoms with van der Waals surface area (Å²) in [4.78, 5) is 0. The molecule has 0 aliphatic carbocycles. The fourth-order valence-corrected chi connectivity index (χ4v) is 1.99. The SMILES string of the molecule is O=S(=O)(O)C(F)(F)C(F)(F)C(F)(F)C(F)(F)C(F)(F)C(F)(F)S(=O)(=O)O. The van der Waals surface area contributed by atoms with E-state index in [1.165, 1.54) is 0 Å². The van der Waals surface area contributed by atoms with Crippen LogP contribution in [0.15, 0.2) is 0 Å². The summed E-state index contributed by atoms with van der Waals surface area (Å²) in [6, 6.07) is 0. The van der Waals surface area contributed by atoms with Crippen molar-refractivity contribution in [2.75, 3.05) is 0 Å². The van der Waals surface area contributed by atoms with Crippen molar-refractivity contribution in [3.63, 3.8) is 0 Å². The van der Waals surface area contributed by atoms with Crippen LogP contribution in [0, 0.1) is 0 Å². The molecule has 0 spiro atoms. The number of rotatable bonds is 7. The Hall–Kier alpha value is -1.02. The summed E-state index contributed by atoms with van der Waals surface area (Å²) in [5.74, 6) is -33.2. The van der Waals surface area contributed by atoms with E-state index >= 15 is 0 Å². The van der Waals surface area contributed by atoms with Crippen LogP contribution in [0.3, 0.4) is 0 Å². The van der Waals surface area contributed by atoms with Gasteiger partial charge in [-0.15, -0.1) is 0 Å². The van der Waals surface area contributed by atoms with Gasteiger partial charge in [0, 0.05) is 0 Å². The van der Waals surface area contributed by atoms with Gasteiger partial charge in [-0.1, -0.05) is 0 Å². The Morgan fingerprint density at radius 1 is 0.423 bits per heavy atom. The van der Waals surface area contributed by atoms with Crippen LogP contribution in [-0.2, 0) is 20.2 Å². The minimum absolute atomic E-state index is 7.63. The van der Waals surface area contributed by atoms with Crippen LogP contribution >= 0.6 is 0 Å². The lowest BCUT2D eigenvalue weighted by Crippen LogP contribution is -2.72. The van der Waals surface area contributed by atoms with E-state index in [1.54, 1.807) is 0 Å². The van der Waals surface area contributed by atoms with Gasteiger partial charge in [0.15, 0.2) is 0 Å². The van der Waals surface area contributed by atoms with Crippen LogP contribution in [-0.4, -0.2) is 60.1 Å². The van der Waals surface area contributed by atoms with Crippen molar-refractivity contribution in [3.8, 4) is 0 Å². The molecule has 0 heterocycles. The number of halogens is 12. The van der Waals surface area contributed by atoms with E-state index in [0.29, 0.717) is 0 Å².